The van der Waals surface area contributed by atoms with E-state index in [1.165, 1.54) is 19.2 Å². The van der Waals surface area contributed by atoms with Gasteiger partial charge in [-0.15, -0.1) is 0 Å². The van der Waals surface area contributed by atoms with Gasteiger partial charge in [-0.2, -0.15) is 13.8 Å². The number of esters is 2. The number of aromatic nitrogens is 2. The van der Waals surface area contributed by atoms with Gasteiger partial charge in [-0.25, -0.2) is 14.6 Å². The quantitative estimate of drug-likeness (QED) is 0.508. The van der Waals surface area contributed by atoms with Crippen molar-refractivity contribution in [3.05, 3.63) is 40.9 Å². The molecule has 0 aliphatic carbocycles. The largest absolute Gasteiger partial charge is 0.493 e. The van der Waals surface area contributed by atoms with Crippen LogP contribution in [0.15, 0.2) is 22.6 Å². The Bertz CT molecular complexity index is 1160. The van der Waals surface area contributed by atoms with E-state index in [1.54, 1.807) is 13.8 Å². The van der Waals surface area contributed by atoms with E-state index in [0.717, 1.165) is 6.07 Å². The van der Waals surface area contributed by atoms with Gasteiger partial charge in [-0.1, -0.05) is 0 Å². The molecule has 3 aromatic rings. The van der Waals surface area contributed by atoms with E-state index in [1.807, 2.05) is 0 Å². The summed E-state index contributed by atoms with van der Waals surface area (Å²) in [5.41, 5.74) is 6.16. The number of furan rings is 1. The van der Waals surface area contributed by atoms with Crippen LogP contribution in [0, 0.1) is 6.92 Å². The second-order valence-corrected chi connectivity index (χ2v) is 6.28. The molecule has 1 aromatic carbocycles. The molecular formula is C20H19F2N3O7. The summed E-state index contributed by atoms with van der Waals surface area (Å²) in [6, 6.07) is 3.59. The number of ether oxygens (including phenoxy) is 4. The normalized spacial score (nSPS) is 10.9. The average Bonchev–Trinajstić information content (AvgIpc) is 3.08. The van der Waals surface area contributed by atoms with Crippen molar-refractivity contribution in [1.82, 2.24) is 9.97 Å². The lowest BCUT2D eigenvalue weighted by atomic mass is 10.2. The van der Waals surface area contributed by atoms with Gasteiger partial charge >= 0.3 is 18.6 Å². The number of alkyl halides is 2. The van der Waals surface area contributed by atoms with E-state index in [2.05, 4.69) is 14.7 Å². The van der Waals surface area contributed by atoms with Crippen LogP contribution >= 0.6 is 0 Å². The van der Waals surface area contributed by atoms with E-state index >= 15 is 0 Å². The maximum absolute atomic E-state index is 12.4. The molecule has 3 rings (SSSR count). The monoisotopic (exact) mass is 451 g/mol. The van der Waals surface area contributed by atoms with Gasteiger partial charge in [-0.05, 0) is 32.0 Å². The molecule has 170 valence electrons. The first-order chi connectivity index (χ1) is 15.2. The van der Waals surface area contributed by atoms with Crippen LogP contribution in [0.5, 0.6) is 11.5 Å². The number of nitrogen functional groups attached to an aromatic ring is 1. The molecule has 0 spiro atoms. The van der Waals surface area contributed by atoms with Gasteiger partial charge in [0, 0.05) is 0 Å². The topological polar surface area (TPSA) is 136 Å². The smallest absolute Gasteiger partial charge is 0.387 e. The molecule has 10 nitrogen and oxygen atoms in total. The molecule has 2 heterocycles. The molecule has 0 unspecified atom stereocenters. The van der Waals surface area contributed by atoms with Gasteiger partial charge in [0.25, 0.3) is 0 Å². The maximum Gasteiger partial charge on any atom is 0.387 e. The molecule has 0 atom stereocenters. The minimum atomic E-state index is -3.05. The summed E-state index contributed by atoms with van der Waals surface area (Å²) >= 11 is 0. The van der Waals surface area contributed by atoms with E-state index in [9.17, 15) is 18.4 Å². The molecule has 0 saturated carbocycles. The SMILES string of the molecule is CCOC(=O)c1c(C)oc2nc(COC(=O)c3ccc(OC(F)F)c(OC)c3)nc(N)c12. The molecule has 0 aliphatic rings. The lowest BCUT2D eigenvalue weighted by molar-refractivity contribution is -0.0512. The summed E-state index contributed by atoms with van der Waals surface area (Å²) in [7, 11) is 1.24. The zero-order valence-electron chi connectivity index (χ0n) is 17.3. The predicted octanol–water partition coefficient (Wildman–Crippen LogP) is 3.26. The summed E-state index contributed by atoms with van der Waals surface area (Å²) in [6.45, 7) is -0.0300. The molecule has 0 bridgehead atoms. The highest BCUT2D eigenvalue weighted by molar-refractivity contribution is 6.07. The molecule has 2 aromatic heterocycles. The second kappa shape index (κ2) is 9.45. The minimum Gasteiger partial charge on any atom is -0.493 e. The third kappa shape index (κ3) is 4.68. The van der Waals surface area contributed by atoms with E-state index < -0.39 is 18.6 Å². The Morgan fingerprint density at radius 1 is 1.16 bits per heavy atom. The number of nitrogens with zero attached hydrogens (tertiary/aromatic N) is 2. The van der Waals surface area contributed by atoms with Crippen LogP contribution in [0.3, 0.4) is 0 Å². The van der Waals surface area contributed by atoms with Gasteiger partial charge < -0.3 is 29.1 Å². The molecule has 0 radical (unpaired) electrons. The van der Waals surface area contributed by atoms with E-state index in [-0.39, 0.29) is 64.3 Å². The molecule has 2 N–H and O–H groups in total. The van der Waals surface area contributed by atoms with Gasteiger partial charge in [0.05, 0.1) is 24.7 Å². The van der Waals surface area contributed by atoms with Crippen molar-refractivity contribution in [3.63, 3.8) is 0 Å². The highest BCUT2D eigenvalue weighted by Crippen LogP contribution is 2.31. The Morgan fingerprint density at radius 3 is 2.56 bits per heavy atom. The van der Waals surface area contributed by atoms with E-state index in [4.69, 9.17) is 24.4 Å². The number of anilines is 1. The zero-order valence-corrected chi connectivity index (χ0v) is 17.3. The third-order valence-electron chi connectivity index (χ3n) is 4.23. The lowest BCUT2D eigenvalue weighted by Crippen LogP contribution is -2.10. The number of nitrogens with two attached hydrogens (primary N) is 1. The van der Waals surface area contributed by atoms with Crippen LogP contribution in [-0.4, -0.2) is 42.2 Å². The van der Waals surface area contributed by atoms with Gasteiger partial charge in [0.2, 0.25) is 5.71 Å². The lowest BCUT2D eigenvalue weighted by Gasteiger charge is -2.11. The van der Waals surface area contributed by atoms with Crippen molar-refractivity contribution >= 4 is 28.9 Å². The number of carbonyl (C=O) groups excluding carboxylic acids is 2. The van der Waals surface area contributed by atoms with Crippen molar-refractivity contribution in [1.29, 1.82) is 0 Å². The maximum atomic E-state index is 12.4. The fourth-order valence-electron chi connectivity index (χ4n) is 2.90. The predicted molar refractivity (Wildman–Crippen MR) is 106 cm³/mol. The summed E-state index contributed by atoms with van der Waals surface area (Å²) in [5, 5.41) is 0.204. The Labute approximate surface area is 180 Å². The Hall–Kier alpha value is -3.96. The second-order valence-electron chi connectivity index (χ2n) is 6.28. The van der Waals surface area contributed by atoms with Crippen LogP contribution in [0.1, 0.15) is 39.2 Å². The highest BCUT2D eigenvalue weighted by Gasteiger charge is 2.24. The van der Waals surface area contributed by atoms with Crippen molar-refractivity contribution < 1.29 is 41.7 Å². The molecule has 0 aliphatic heterocycles. The van der Waals surface area contributed by atoms with Crippen LogP contribution < -0.4 is 15.2 Å². The number of halogens is 2. The third-order valence-corrected chi connectivity index (χ3v) is 4.23. The minimum absolute atomic E-state index is 0.0240. The number of hydrogen-bond donors (Lipinski definition) is 1. The van der Waals surface area contributed by atoms with Crippen molar-refractivity contribution in [2.24, 2.45) is 0 Å². The van der Waals surface area contributed by atoms with Crippen molar-refractivity contribution in [3.8, 4) is 11.5 Å². The van der Waals surface area contributed by atoms with Crippen molar-refractivity contribution in [2.45, 2.75) is 27.1 Å². The van der Waals surface area contributed by atoms with Gasteiger partial charge in [-0.3, -0.25) is 0 Å². The summed E-state index contributed by atoms with van der Waals surface area (Å²) in [5.74, 6) is -1.48. The van der Waals surface area contributed by atoms with Crippen LogP contribution in [0.25, 0.3) is 11.1 Å². The molecule has 0 fully saturated rings. The summed E-state index contributed by atoms with van der Waals surface area (Å²) < 4.78 is 49.8. The van der Waals surface area contributed by atoms with E-state index in [0.29, 0.717) is 0 Å². The molecule has 0 saturated heterocycles. The molecule has 12 heteroatoms. The fraction of sp³-hybridized carbons (Fsp3) is 0.300. The number of aryl methyl sites for hydroxylation is 1. The number of rotatable bonds is 8. The fourth-order valence-corrected chi connectivity index (χ4v) is 2.90. The molecule has 32 heavy (non-hydrogen) atoms. The first-order valence-electron chi connectivity index (χ1n) is 9.27. The zero-order chi connectivity index (χ0) is 23.4. The first-order valence-corrected chi connectivity index (χ1v) is 9.27. The Morgan fingerprint density at radius 2 is 1.91 bits per heavy atom. The number of carbonyl (C=O) groups is 2. The highest BCUT2D eigenvalue weighted by atomic mass is 19.3. The number of hydrogen-bond acceptors (Lipinski definition) is 10. The van der Waals surface area contributed by atoms with Crippen LogP contribution in [0.4, 0.5) is 14.6 Å². The molecular weight excluding hydrogens is 432 g/mol. The van der Waals surface area contributed by atoms with Crippen LogP contribution in [0.2, 0.25) is 0 Å². The number of benzene rings is 1. The standard InChI is InChI=1S/C20H19F2N3O7/c1-4-29-19(27)14-9(2)31-17-15(14)16(23)24-13(25-17)8-30-18(26)10-5-6-11(32-20(21)22)12(7-10)28-3/h5-7,20H,4,8H2,1-3H3,(H2,23,24,25). The van der Waals surface area contributed by atoms with Gasteiger partial charge in [0.15, 0.2) is 23.9 Å². The first kappa shape index (κ1) is 22.7. The summed E-state index contributed by atoms with van der Waals surface area (Å²) in [4.78, 5) is 32.7. The Kier molecular flexibility index (Phi) is 6.71. The van der Waals surface area contributed by atoms with Gasteiger partial charge in [0.1, 0.15) is 17.1 Å². The molecule has 0 amide bonds. The average molecular weight is 451 g/mol. The summed E-state index contributed by atoms with van der Waals surface area (Å²) in [6.07, 6.45) is 0. The Balaban J connectivity index is 1.79. The number of methoxy groups -OCH3 is 1. The van der Waals surface area contributed by atoms with Crippen LogP contribution in [-0.2, 0) is 16.1 Å². The van der Waals surface area contributed by atoms with Crippen molar-refractivity contribution in [2.75, 3.05) is 19.5 Å². The number of fused-ring (bicyclic) bond motifs is 1.